The van der Waals surface area contributed by atoms with Crippen LogP contribution in [0.15, 0.2) is 40.2 Å². The number of benzene rings is 1. The minimum Gasteiger partial charge on any atom is -0.448 e. The van der Waals surface area contributed by atoms with Crippen LogP contribution < -0.4 is 25.2 Å². The third-order valence-corrected chi connectivity index (χ3v) is 11.5. The van der Waals surface area contributed by atoms with Crippen LogP contribution in [-0.4, -0.2) is 91.5 Å². The number of morpholine rings is 1. The molecule has 2 aliphatic heterocycles. The molecule has 1 aromatic carbocycles. The predicted molar refractivity (Wildman–Crippen MR) is 201 cm³/mol. The van der Waals surface area contributed by atoms with Crippen molar-refractivity contribution in [2.45, 2.75) is 95.8 Å². The number of methoxy groups -OCH3 is 1. The molecule has 2 fully saturated rings. The first-order chi connectivity index (χ1) is 24.4. The molecule has 0 bridgehead atoms. The second kappa shape index (κ2) is 15.6. The van der Waals surface area contributed by atoms with Crippen LogP contribution in [0.3, 0.4) is 0 Å². The predicted octanol–water partition coefficient (Wildman–Crippen LogP) is 5.94. The van der Waals surface area contributed by atoms with Gasteiger partial charge in [-0.1, -0.05) is 0 Å². The summed E-state index contributed by atoms with van der Waals surface area (Å²) in [6, 6.07) is 8.36. The molecule has 2 N–H and O–H groups in total. The van der Waals surface area contributed by atoms with Gasteiger partial charge in [0.25, 0.3) is 17.3 Å². The summed E-state index contributed by atoms with van der Waals surface area (Å²) < 4.78 is 24.9. The van der Waals surface area contributed by atoms with Crippen molar-refractivity contribution in [3.05, 3.63) is 63.2 Å². The van der Waals surface area contributed by atoms with Gasteiger partial charge in [-0.05, 0) is 90.9 Å². The van der Waals surface area contributed by atoms with Gasteiger partial charge in [0.2, 0.25) is 0 Å². The average molecular weight is 720 g/mol. The van der Waals surface area contributed by atoms with Gasteiger partial charge in [-0.15, -0.1) is 11.8 Å². The first-order valence-electron chi connectivity index (χ1n) is 18.1. The van der Waals surface area contributed by atoms with E-state index in [1.54, 1.807) is 7.11 Å². The maximum absolute atomic E-state index is 14.0. The number of anilines is 1. The number of fused-ring (bicyclic) bond motifs is 1. The van der Waals surface area contributed by atoms with E-state index in [0.29, 0.717) is 40.8 Å². The number of aryl methyl sites for hydroxylation is 1. The monoisotopic (exact) mass is 719 g/mol. The van der Waals surface area contributed by atoms with E-state index in [9.17, 15) is 9.59 Å². The van der Waals surface area contributed by atoms with E-state index in [0.717, 1.165) is 72.9 Å². The maximum Gasteiger partial charge on any atom is 0.254 e. The second-order valence-corrected chi connectivity index (χ2v) is 15.4. The molecule has 1 unspecified atom stereocenters. The van der Waals surface area contributed by atoms with Crippen LogP contribution in [0.2, 0.25) is 0 Å². The Balaban J connectivity index is 1.30. The van der Waals surface area contributed by atoms with E-state index in [4.69, 9.17) is 23.9 Å². The van der Waals surface area contributed by atoms with Crippen molar-refractivity contribution in [3.63, 3.8) is 0 Å². The number of H-pyrrole nitrogens is 1. The number of pyridine rings is 2. The fraction of sp³-hybridized carbons (Fsp3) is 0.564. The number of nitrogens with zero attached hydrogens (tertiary/aromatic N) is 3. The largest absolute Gasteiger partial charge is 0.448 e. The van der Waals surface area contributed by atoms with Crippen molar-refractivity contribution in [1.82, 2.24) is 20.2 Å². The van der Waals surface area contributed by atoms with Crippen LogP contribution in [0.1, 0.15) is 73.6 Å². The quantitative estimate of drug-likeness (QED) is 0.231. The molecular weight excluding hydrogens is 667 g/mol. The molecule has 3 aromatic rings. The zero-order valence-electron chi connectivity index (χ0n) is 31.3. The zero-order valence-corrected chi connectivity index (χ0v) is 32.1. The molecule has 3 atom stereocenters. The Hall–Kier alpha value is -3.58. The van der Waals surface area contributed by atoms with Gasteiger partial charge in [0.15, 0.2) is 11.5 Å². The van der Waals surface area contributed by atoms with Crippen molar-refractivity contribution in [1.29, 1.82) is 0 Å². The van der Waals surface area contributed by atoms with Gasteiger partial charge in [0.05, 0.1) is 18.8 Å². The van der Waals surface area contributed by atoms with Gasteiger partial charge < -0.3 is 39.0 Å². The van der Waals surface area contributed by atoms with E-state index in [1.807, 2.05) is 57.5 Å². The van der Waals surface area contributed by atoms with Gasteiger partial charge in [0, 0.05) is 96.8 Å². The van der Waals surface area contributed by atoms with Crippen molar-refractivity contribution >= 4 is 23.5 Å². The fourth-order valence-corrected chi connectivity index (χ4v) is 8.56. The Kier molecular flexibility index (Phi) is 11.4. The first-order valence-corrected chi connectivity index (χ1v) is 19.3. The number of amides is 1. The van der Waals surface area contributed by atoms with Crippen LogP contribution in [0.5, 0.6) is 11.5 Å². The summed E-state index contributed by atoms with van der Waals surface area (Å²) in [5.74, 6) is 1.09. The van der Waals surface area contributed by atoms with Gasteiger partial charge in [-0.3, -0.25) is 9.59 Å². The van der Waals surface area contributed by atoms with Crippen molar-refractivity contribution in [2.75, 3.05) is 51.6 Å². The van der Waals surface area contributed by atoms with Crippen LogP contribution in [-0.2, 0) is 16.0 Å². The standard InChI is InChI=1S/C39H53N5O6S/c1-23-17-33(51-8)32(38(46)42-23)20-41-37(45)30-18-31(27-9-14-34(40-19-27)44-21-24(2)48-25(3)22-44)36-35(26(30)4)49-39(5,50-36)28-10-12-29(13-11-28)43(6)15-16-47-7/h9,14,17-19,24-25,28-29H,10-13,15-16,20-22H2,1-8H3,(H,41,45)(H,42,46)/t24-,25+,28-,29-,39?. The average Bonchev–Trinajstić information content (AvgIpc) is 3.48. The summed E-state index contributed by atoms with van der Waals surface area (Å²) in [4.78, 5) is 40.0. The molecule has 1 amide bonds. The Morgan fingerprint density at radius 1 is 1.12 bits per heavy atom. The summed E-state index contributed by atoms with van der Waals surface area (Å²) in [7, 11) is 3.91. The highest BCUT2D eigenvalue weighted by atomic mass is 32.2. The molecule has 6 rings (SSSR count). The number of hydrogen-bond donors (Lipinski definition) is 2. The zero-order chi connectivity index (χ0) is 36.4. The molecule has 12 heteroatoms. The van der Waals surface area contributed by atoms with Crippen molar-refractivity contribution in [3.8, 4) is 22.6 Å². The number of carbonyl (C=O) groups excluding carboxylic acids is 1. The number of ether oxygens (including phenoxy) is 4. The Bertz CT molecular complexity index is 1770. The van der Waals surface area contributed by atoms with E-state index in [-0.39, 0.29) is 36.1 Å². The van der Waals surface area contributed by atoms with Crippen LogP contribution in [0.25, 0.3) is 11.1 Å². The summed E-state index contributed by atoms with van der Waals surface area (Å²) in [5, 5.41) is 3.02. The Morgan fingerprint density at radius 3 is 2.47 bits per heavy atom. The molecule has 0 spiro atoms. The topological polar surface area (TPSA) is 118 Å². The fourth-order valence-electron chi connectivity index (χ4n) is 7.86. The summed E-state index contributed by atoms with van der Waals surface area (Å²) in [6.45, 7) is 13.2. The van der Waals surface area contributed by atoms with E-state index in [2.05, 4.69) is 41.0 Å². The SMILES string of the molecule is COCCN(C)[C@H]1CC[C@H](C2(C)Oc3c(-c4ccc(N5C[C@@H](C)O[C@@H](C)C5)nc4)cc(C(=O)NCc4c(SC)cc(C)[nH]c4=O)c(C)c3O2)CC1. The van der Waals surface area contributed by atoms with Gasteiger partial charge in [-0.2, -0.15) is 0 Å². The third-order valence-electron chi connectivity index (χ3n) is 10.7. The summed E-state index contributed by atoms with van der Waals surface area (Å²) in [6.07, 6.45) is 8.02. The molecule has 11 nitrogen and oxygen atoms in total. The summed E-state index contributed by atoms with van der Waals surface area (Å²) in [5.41, 5.74) is 3.85. The number of carbonyl (C=O) groups is 1. The highest BCUT2D eigenvalue weighted by molar-refractivity contribution is 7.98. The Labute approximate surface area is 305 Å². The minimum absolute atomic E-state index is 0.0975. The van der Waals surface area contributed by atoms with Gasteiger partial charge in [-0.25, -0.2) is 4.98 Å². The van der Waals surface area contributed by atoms with Crippen LogP contribution in [0, 0.1) is 19.8 Å². The molecule has 51 heavy (non-hydrogen) atoms. The molecule has 1 aliphatic carbocycles. The number of hydrogen-bond acceptors (Lipinski definition) is 10. The number of nitrogens with one attached hydrogen (secondary N) is 2. The maximum atomic E-state index is 14.0. The number of rotatable bonds is 11. The van der Waals surface area contributed by atoms with Gasteiger partial charge >= 0.3 is 0 Å². The molecule has 0 radical (unpaired) electrons. The highest BCUT2D eigenvalue weighted by Crippen LogP contribution is 2.53. The molecular formula is C39H53N5O6S. The lowest BCUT2D eigenvalue weighted by molar-refractivity contribution is -0.123. The Morgan fingerprint density at radius 2 is 1.82 bits per heavy atom. The molecule has 4 heterocycles. The molecule has 3 aliphatic rings. The lowest BCUT2D eigenvalue weighted by Gasteiger charge is -2.39. The lowest BCUT2D eigenvalue weighted by Crippen LogP contribution is -2.47. The van der Waals surface area contributed by atoms with Crippen LogP contribution in [0.4, 0.5) is 5.82 Å². The van der Waals surface area contributed by atoms with Crippen molar-refractivity contribution in [2.24, 2.45) is 5.92 Å². The lowest BCUT2D eigenvalue weighted by atomic mass is 9.81. The minimum atomic E-state index is -0.886. The number of aromatic nitrogens is 2. The number of aromatic amines is 1. The molecule has 1 saturated carbocycles. The summed E-state index contributed by atoms with van der Waals surface area (Å²) >= 11 is 1.49. The van der Waals surface area contributed by atoms with Crippen molar-refractivity contribution < 1.29 is 23.7 Å². The molecule has 276 valence electrons. The normalized spacial score (nSPS) is 24.6. The number of thioether (sulfide) groups is 1. The first kappa shape index (κ1) is 37.2. The second-order valence-electron chi connectivity index (χ2n) is 14.5. The van der Waals surface area contributed by atoms with Crippen LogP contribution >= 0.6 is 11.8 Å². The molecule has 1 saturated heterocycles. The molecule has 2 aromatic heterocycles. The third kappa shape index (κ3) is 7.94. The highest BCUT2D eigenvalue weighted by Gasteiger charge is 2.48. The van der Waals surface area contributed by atoms with E-state index in [1.165, 1.54) is 11.8 Å². The van der Waals surface area contributed by atoms with E-state index < -0.39 is 5.79 Å². The van der Waals surface area contributed by atoms with E-state index >= 15 is 0 Å². The smallest absolute Gasteiger partial charge is 0.254 e. The number of likely N-dealkylation sites (N-methyl/N-ethyl adjacent to an activating group) is 1. The van der Waals surface area contributed by atoms with Gasteiger partial charge in [0.1, 0.15) is 5.82 Å².